The number of benzene rings is 1. The van der Waals surface area contributed by atoms with Crippen molar-refractivity contribution >= 4 is 0 Å². The molecule has 0 amide bonds. The second kappa shape index (κ2) is 7.65. The smallest absolute Gasteiger partial charge is 0.129 e. The molecule has 1 aromatic rings. The van der Waals surface area contributed by atoms with Gasteiger partial charge in [0.2, 0.25) is 0 Å². The quantitative estimate of drug-likeness (QED) is 0.588. The maximum atomic E-state index is 9.27. The lowest BCUT2D eigenvalue weighted by molar-refractivity contribution is 0.408. The lowest BCUT2D eigenvalue weighted by atomic mass is 9.70. The van der Waals surface area contributed by atoms with Crippen molar-refractivity contribution in [3.8, 4) is 17.9 Å². The number of allylic oxidation sites excluding steroid dienone is 3. The topological polar surface area (TPSA) is 56.8 Å². The summed E-state index contributed by atoms with van der Waals surface area (Å²) in [5, 5.41) is 18.5. The van der Waals surface area contributed by atoms with E-state index in [4.69, 9.17) is 4.74 Å². The molecule has 0 saturated heterocycles. The molecule has 0 aliphatic heterocycles. The normalized spacial score (nSPS) is 18.4. The first-order chi connectivity index (χ1) is 11.1. The molecule has 2 atom stereocenters. The van der Waals surface area contributed by atoms with E-state index < -0.39 is 0 Å². The highest BCUT2D eigenvalue weighted by atomic mass is 16.5. The van der Waals surface area contributed by atoms with E-state index in [2.05, 4.69) is 6.58 Å². The standard InChI is InChI=1S/C20H22N2O/c1-14-6-4-5-7-19(14)20(15(2)17(12-21)13-22)16-8-10-18(23-3)11-9-16/h8-11,19-20H,1,4-7H2,2-3H3. The summed E-state index contributed by atoms with van der Waals surface area (Å²) in [6.07, 6.45) is 4.42. The predicted molar refractivity (Wildman–Crippen MR) is 90.8 cm³/mol. The number of ether oxygens (including phenoxy) is 1. The lowest BCUT2D eigenvalue weighted by Gasteiger charge is -2.33. The van der Waals surface area contributed by atoms with Gasteiger partial charge in [0.25, 0.3) is 0 Å². The van der Waals surface area contributed by atoms with Crippen LogP contribution in [-0.2, 0) is 0 Å². The average Bonchev–Trinajstić information content (AvgIpc) is 2.58. The van der Waals surface area contributed by atoms with Gasteiger partial charge in [-0.05, 0) is 55.4 Å². The van der Waals surface area contributed by atoms with Gasteiger partial charge in [-0.2, -0.15) is 10.5 Å². The first-order valence-electron chi connectivity index (χ1n) is 7.95. The number of nitrogens with zero attached hydrogens (tertiary/aromatic N) is 2. The third kappa shape index (κ3) is 3.63. The van der Waals surface area contributed by atoms with Crippen molar-refractivity contribution in [2.75, 3.05) is 7.11 Å². The SMILES string of the molecule is C=C1CCCCC1C(C(C)=C(C#N)C#N)c1ccc(OC)cc1. The van der Waals surface area contributed by atoms with Gasteiger partial charge in [0.1, 0.15) is 23.5 Å². The number of nitriles is 2. The lowest BCUT2D eigenvalue weighted by Crippen LogP contribution is -2.20. The molecule has 23 heavy (non-hydrogen) atoms. The maximum Gasteiger partial charge on any atom is 0.129 e. The molecule has 3 nitrogen and oxygen atoms in total. The van der Waals surface area contributed by atoms with E-state index in [9.17, 15) is 10.5 Å². The van der Waals surface area contributed by atoms with Crippen molar-refractivity contribution in [3.05, 3.63) is 53.1 Å². The van der Waals surface area contributed by atoms with Crippen LogP contribution in [0.2, 0.25) is 0 Å². The average molecular weight is 306 g/mol. The fourth-order valence-electron chi connectivity index (χ4n) is 3.46. The van der Waals surface area contributed by atoms with Gasteiger partial charge in [-0.25, -0.2) is 0 Å². The van der Waals surface area contributed by atoms with Crippen LogP contribution in [0.5, 0.6) is 5.75 Å². The van der Waals surface area contributed by atoms with Gasteiger partial charge < -0.3 is 4.74 Å². The van der Waals surface area contributed by atoms with Gasteiger partial charge in [0.05, 0.1) is 7.11 Å². The Morgan fingerprint density at radius 3 is 2.39 bits per heavy atom. The van der Waals surface area contributed by atoms with Crippen molar-refractivity contribution in [2.45, 2.75) is 38.5 Å². The summed E-state index contributed by atoms with van der Waals surface area (Å²) < 4.78 is 5.23. The minimum absolute atomic E-state index is 0.0306. The van der Waals surface area contributed by atoms with Gasteiger partial charge in [-0.1, -0.05) is 30.7 Å². The molecule has 0 radical (unpaired) electrons. The number of methoxy groups -OCH3 is 1. The zero-order chi connectivity index (χ0) is 16.8. The molecule has 0 bridgehead atoms. The van der Waals surface area contributed by atoms with E-state index in [1.807, 2.05) is 43.3 Å². The van der Waals surface area contributed by atoms with Crippen molar-refractivity contribution in [2.24, 2.45) is 5.92 Å². The summed E-state index contributed by atoms with van der Waals surface area (Å²) in [4.78, 5) is 0. The molecule has 2 rings (SSSR count). The summed E-state index contributed by atoms with van der Waals surface area (Å²) in [5.74, 6) is 1.12. The van der Waals surface area contributed by atoms with Crippen molar-refractivity contribution in [1.82, 2.24) is 0 Å². The highest BCUT2D eigenvalue weighted by Crippen LogP contribution is 2.43. The Labute approximate surface area is 138 Å². The molecular formula is C20H22N2O. The van der Waals surface area contributed by atoms with Gasteiger partial charge in [0, 0.05) is 5.92 Å². The third-order valence-electron chi connectivity index (χ3n) is 4.75. The first-order valence-corrected chi connectivity index (χ1v) is 7.95. The van der Waals surface area contributed by atoms with E-state index in [1.165, 1.54) is 12.0 Å². The molecule has 1 aliphatic carbocycles. The van der Waals surface area contributed by atoms with Crippen molar-refractivity contribution in [1.29, 1.82) is 10.5 Å². The maximum absolute atomic E-state index is 9.27. The third-order valence-corrected chi connectivity index (χ3v) is 4.75. The van der Waals surface area contributed by atoms with Crippen LogP contribution < -0.4 is 4.74 Å². The van der Waals surface area contributed by atoms with Crippen LogP contribution in [0.15, 0.2) is 47.6 Å². The van der Waals surface area contributed by atoms with Crippen LogP contribution in [0, 0.1) is 28.6 Å². The zero-order valence-electron chi connectivity index (χ0n) is 13.8. The summed E-state index contributed by atoms with van der Waals surface area (Å²) in [7, 11) is 1.64. The fourth-order valence-corrected chi connectivity index (χ4v) is 3.46. The molecule has 1 aliphatic rings. The number of hydrogen-bond donors (Lipinski definition) is 0. The van der Waals surface area contributed by atoms with Gasteiger partial charge in [0.15, 0.2) is 0 Å². The predicted octanol–water partition coefficient (Wildman–Crippen LogP) is 4.89. The van der Waals surface area contributed by atoms with Crippen molar-refractivity contribution < 1.29 is 4.74 Å². The first kappa shape index (κ1) is 16.8. The summed E-state index contributed by atoms with van der Waals surface area (Å²) in [6, 6.07) is 12.0. The Kier molecular flexibility index (Phi) is 5.61. The minimum Gasteiger partial charge on any atom is -0.497 e. The molecule has 3 heteroatoms. The van der Waals surface area contributed by atoms with E-state index >= 15 is 0 Å². The highest BCUT2D eigenvalue weighted by Gasteiger charge is 2.30. The largest absolute Gasteiger partial charge is 0.497 e. The molecular weight excluding hydrogens is 284 g/mol. The van der Waals surface area contributed by atoms with Crippen LogP contribution in [0.3, 0.4) is 0 Å². The van der Waals surface area contributed by atoms with E-state index in [0.717, 1.165) is 36.1 Å². The molecule has 1 saturated carbocycles. The molecule has 0 aromatic heterocycles. The molecule has 0 N–H and O–H groups in total. The Morgan fingerprint density at radius 1 is 1.22 bits per heavy atom. The van der Waals surface area contributed by atoms with Crippen LogP contribution in [0.1, 0.15) is 44.1 Å². The van der Waals surface area contributed by atoms with Gasteiger partial charge in [-0.3, -0.25) is 0 Å². The molecule has 0 heterocycles. The molecule has 118 valence electrons. The van der Waals surface area contributed by atoms with Crippen LogP contribution in [0.25, 0.3) is 0 Å². The number of rotatable bonds is 4. The zero-order valence-corrected chi connectivity index (χ0v) is 13.8. The van der Waals surface area contributed by atoms with Gasteiger partial charge >= 0.3 is 0 Å². The van der Waals surface area contributed by atoms with Crippen LogP contribution in [0.4, 0.5) is 0 Å². The van der Waals surface area contributed by atoms with E-state index in [1.54, 1.807) is 7.11 Å². The molecule has 2 unspecified atom stereocenters. The van der Waals surface area contributed by atoms with E-state index in [-0.39, 0.29) is 17.4 Å². The van der Waals surface area contributed by atoms with Crippen LogP contribution in [-0.4, -0.2) is 7.11 Å². The fraction of sp³-hybridized carbons (Fsp3) is 0.400. The molecule has 1 aromatic carbocycles. The second-order valence-electron chi connectivity index (χ2n) is 6.04. The summed E-state index contributed by atoms with van der Waals surface area (Å²) in [5.41, 5.74) is 3.39. The number of hydrogen-bond acceptors (Lipinski definition) is 3. The highest BCUT2D eigenvalue weighted by molar-refractivity contribution is 5.46. The molecule has 1 fully saturated rings. The van der Waals surface area contributed by atoms with Crippen molar-refractivity contribution in [3.63, 3.8) is 0 Å². The van der Waals surface area contributed by atoms with Crippen LogP contribution >= 0.6 is 0 Å². The Morgan fingerprint density at radius 2 is 1.87 bits per heavy atom. The summed E-state index contributed by atoms with van der Waals surface area (Å²) >= 11 is 0. The molecule has 0 spiro atoms. The second-order valence-corrected chi connectivity index (χ2v) is 6.04. The Bertz CT molecular complexity index is 670. The summed E-state index contributed by atoms with van der Waals surface area (Å²) in [6.45, 7) is 6.16. The van der Waals surface area contributed by atoms with E-state index in [0.29, 0.717) is 0 Å². The monoisotopic (exact) mass is 306 g/mol. The Balaban J connectivity index is 2.50. The Hall–Kier alpha value is -2.52. The van der Waals surface area contributed by atoms with Gasteiger partial charge in [-0.15, -0.1) is 0 Å². The minimum atomic E-state index is 0.0306.